The molecule has 0 bridgehead atoms. The summed E-state index contributed by atoms with van der Waals surface area (Å²) in [5.41, 5.74) is 1.60. The number of aromatic nitrogens is 1. The van der Waals surface area contributed by atoms with Gasteiger partial charge in [-0.2, -0.15) is 0 Å². The maximum Gasteiger partial charge on any atom is 0.307 e. The zero-order valence-corrected chi connectivity index (χ0v) is 15.5. The number of thiazole rings is 1. The minimum Gasteiger partial charge on any atom is -0.447 e. The van der Waals surface area contributed by atoms with Gasteiger partial charge < -0.3 is 9.64 Å². The highest BCUT2D eigenvalue weighted by Gasteiger charge is 2.26. The molecule has 3 aromatic rings. The van der Waals surface area contributed by atoms with Crippen molar-refractivity contribution in [3.8, 4) is 0 Å². The Morgan fingerprint density at radius 1 is 1.08 bits per heavy atom. The Morgan fingerprint density at radius 2 is 1.77 bits per heavy atom. The molecule has 0 radical (unpaired) electrons. The molecule has 1 heterocycles. The van der Waals surface area contributed by atoms with Crippen molar-refractivity contribution in [2.24, 2.45) is 0 Å². The van der Waals surface area contributed by atoms with E-state index in [1.807, 2.05) is 42.5 Å². The quantitative estimate of drug-likeness (QED) is 0.624. The van der Waals surface area contributed by atoms with E-state index >= 15 is 0 Å². The van der Waals surface area contributed by atoms with Crippen molar-refractivity contribution < 1.29 is 14.3 Å². The highest BCUT2D eigenvalue weighted by atomic mass is 32.1. The maximum atomic E-state index is 12.4. The first kappa shape index (κ1) is 18.1. The molecule has 0 fully saturated rings. The summed E-state index contributed by atoms with van der Waals surface area (Å²) >= 11 is 1.57. The molecule has 0 saturated heterocycles. The van der Waals surface area contributed by atoms with Crippen LogP contribution in [0.5, 0.6) is 0 Å². The Balaban J connectivity index is 1.66. The van der Waals surface area contributed by atoms with Crippen LogP contribution >= 0.6 is 11.3 Å². The summed E-state index contributed by atoms with van der Waals surface area (Å²) in [6.45, 7) is 0. The summed E-state index contributed by atoms with van der Waals surface area (Å²) in [6.07, 6.45) is -0.242. The van der Waals surface area contributed by atoms with E-state index in [0.717, 1.165) is 15.2 Å². The summed E-state index contributed by atoms with van der Waals surface area (Å²) in [4.78, 5) is 30.7. The van der Waals surface area contributed by atoms with Crippen LogP contribution in [0, 0.1) is 0 Å². The van der Waals surface area contributed by atoms with E-state index in [9.17, 15) is 9.59 Å². The van der Waals surface area contributed by atoms with Crippen LogP contribution in [0.25, 0.3) is 10.2 Å². The van der Waals surface area contributed by atoms with Crippen LogP contribution in [-0.4, -0.2) is 35.9 Å². The average molecular weight is 368 g/mol. The molecule has 2 aromatic carbocycles. The number of benzene rings is 2. The fourth-order valence-corrected chi connectivity index (χ4v) is 3.52. The van der Waals surface area contributed by atoms with Crippen LogP contribution in [0.1, 0.15) is 23.1 Å². The van der Waals surface area contributed by atoms with Crippen molar-refractivity contribution in [1.82, 2.24) is 9.88 Å². The van der Waals surface area contributed by atoms with Gasteiger partial charge in [-0.3, -0.25) is 9.59 Å². The smallest absolute Gasteiger partial charge is 0.307 e. The van der Waals surface area contributed by atoms with Crippen molar-refractivity contribution >= 4 is 33.4 Å². The molecule has 0 aliphatic carbocycles. The van der Waals surface area contributed by atoms with Gasteiger partial charge in [-0.25, -0.2) is 4.98 Å². The van der Waals surface area contributed by atoms with Crippen molar-refractivity contribution in [3.63, 3.8) is 0 Å². The molecular formula is C20H20N2O3S. The lowest BCUT2D eigenvalue weighted by Gasteiger charge is -2.21. The summed E-state index contributed by atoms with van der Waals surface area (Å²) in [5.74, 6) is -0.669. The SMILES string of the molecule is CN(C)C(=O)[C@H](OC(=O)CCc1nc2ccccc2s1)c1ccccc1. The van der Waals surface area contributed by atoms with Gasteiger partial charge >= 0.3 is 5.97 Å². The highest BCUT2D eigenvalue weighted by Crippen LogP contribution is 2.24. The van der Waals surface area contributed by atoms with Crippen molar-refractivity contribution in [2.75, 3.05) is 14.1 Å². The second kappa shape index (κ2) is 8.10. The standard InChI is InChI=1S/C20H20N2O3S/c1-22(2)20(24)19(14-8-4-3-5-9-14)25-18(23)13-12-17-21-15-10-6-7-11-16(15)26-17/h3-11,19H,12-13H2,1-2H3/t19-/m1/s1. The fourth-order valence-electron chi connectivity index (χ4n) is 2.55. The monoisotopic (exact) mass is 368 g/mol. The first-order valence-corrected chi connectivity index (χ1v) is 9.16. The van der Waals surface area contributed by atoms with E-state index in [1.54, 1.807) is 37.6 Å². The largest absolute Gasteiger partial charge is 0.447 e. The first-order chi connectivity index (χ1) is 12.5. The van der Waals surface area contributed by atoms with Gasteiger partial charge in [0.15, 0.2) is 0 Å². The van der Waals surface area contributed by atoms with Gasteiger partial charge in [0, 0.05) is 26.1 Å². The molecule has 0 spiro atoms. The Morgan fingerprint density at radius 3 is 2.46 bits per heavy atom. The second-order valence-corrected chi connectivity index (χ2v) is 7.20. The first-order valence-electron chi connectivity index (χ1n) is 8.34. The lowest BCUT2D eigenvalue weighted by molar-refractivity contribution is -0.159. The Bertz CT molecular complexity index is 873. The molecule has 3 rings (SSSR count). The van der Waals surface area contributed by atoms with E-state index in [-0.39, 0.29) is 12.3 Å². The van der Waals surface area contributed by atoms with Crippen LogP contribution in [-0.2, 0) is 20.7 Å². The summed E-state index contributed by atoms with van der Waals surface area (Å²) in [5, 5.41) is 0.887. The van der Waals surface area contributed by atoms with Gasteiger partial charge in [0.25, 0.3) is 5.91 Å². The van der Waals surface area contributed by atoms with Crippen LogP contribution in [0.2, 0.25) is 0 Å². The number of ether oxygens (including phenoxy) is 1. The highest BCUT2D eigenvalue weighted by molar-refractivity contribution is 7.18. The average Bonchev–Trinajstić information content (AvgIpc) is 3.07. The number of carbonyl (C=O) groups excluding carboxylic acids is 2. The molecule has 1 aromatic heterocycles. The Labute approximate surface area is 156 Å². The third-order valence-corrected chi connectivity index (χ3v) is 4.99. The number of esters is 1. The normalized spacial score (nSPS) is 11.9. The zero-order chi connectivity index (χ0) is 18.5. The van der Waals surface area contributed by atoms with Crippen molar-refractivity contribution in [2.45, 2.75) is 18.9 Å². The minimum absolute atomic E-state index is 0.184. The van der Waals surface area contributed by atoms with E-state index in [4.69, 9.17) is 4.74 Å². The lowest BCUT2D eigenvalue weighted by Crippen LogP contribution is -2.31. The lowest BCUT2D eigenvalue weighted by atomic mass is 10.1. The molecule has 26 heavy (non-hydrogen) atoms. The van der Waals surface area contributed by atoms with Crippen LogP contribution in [0.4, 0.5) is 0 Å². The van der Waals surface area contributed by atoms with Crippen LogP contribution in [0.15, 0.2) is 54.6 Å². The number of carbonyl (C=O) groups is 2. The minimum atomic E-state index is -0.922. The number of rotatable bonds is 6. The summed E-state index contributed by atoms with van der Waals surface area (Å²) in [6, 6.07) is 16.9. The third kappa shape index (κ3) is 4.26. The second-order valence-electron chi connectivity index (χ2n) is 6.09. The van der Waals surface area contributed by atoms with Crippen LogP contribution < -0.4 is 0 Å². The Hall–Kier alpha value is -2.73. The van der Waals surface area contributed by atoms with Gasteiger partial charge in [0.2, 0.25) is 6.10 Å². The maximum absolute atomic E-state index is 12.4. The van der Waals surface area contributed by atoms with Gasteiger partial charge in [0.05, 0.1) is 21.6 Å². The number of nitrogens with zero attached hydrogens (tertiary/aromatic N) is 2. The van der Waals surface area contributed by atoms with E-state index in [1.165, 1.54) is 4.90 Å². The molecule has 0 aliphatic heterocycles. The molecule has 0 aliphatic rings. The Kier molecular flexibility index (Phi) is 5.63. The summed E-state index contributed by atoms with van der Waals surface area (Å²) < 4.78 is 6.60. The number of likely N-dealkylation sites (N-methyl/N-ethyl adjacent to an activating group) is 1. The molecule has 134 valence electrons. The van der Waals surface area contributed by atoms with Crippen molar-refractivity contribution in [1.29, 1.82) is 0 Å². The van der Waals surface area contributed by atoms with E-state index in [0.29, 0.717) is 12.0 Å². The number of aryl methyl sites for hydroxylation is 1. The summed E-state index contributed by atoms with van der Waals surface area (Å²) in [7, 11) is 3.29. The molecule has 1 amide bonds. The molecule has 1 atom stereocenters. The molecule has 5 nitrogen and oxygen atoms in total. The predicted molar refractivity (Wildman–Crippen MR) is 102 cm³/mol. The van der Waals surface area contributed by atoms with E-state index in [2.05, 4.69) is 4.98 Å². The molecule has 0 unspecified atom stereocenters. The topological polar surface area (TPSA) is 59.5 Å². The molecule has 6 heteroatoms. The van der Waals surface area contributed by atoms with Crippen molar-refractivity contribution in [3.05, 3.63) is 65.2 Å². The predicted octanol–water partition coefficient (Wildman–Crippen LogP) is 3.60. The number of fused-ring (bicyclic) bond motifs is 1. The van der Waals surface area contributed by atoms with Gasteiger partial charge in [-0.05, 0) is 12.1 Å². The van der Waals surface area contributed by atoms with E-state index < -0.39 is 12.1 Å². The number of para-hydroxylation sites is 1. The number of amides is 1. The van der Waals surface area contributed by atoms with Gasteiger partial charge in [-0.1, -0.05) is 42.5 Å². The van der Waals surface area contributed by atoms with Crippen LogP contribution in [0.3, 0.4) is 0 Å². The molecule has 0 N–H and O–H groups in total. The third-order valence-electron chi connectivity index (χ3n) is 3.90. The number of hydrogen-bond donors (Lipinski definition) is 0. The molecular weight excluding hydrogens is 348 g/mol. The zero-order valence-electron chi connectivity index (χ0n) is 14.7. The number of hydrogen-bond acceptors (Lipinski definition) is 5. The van der Waals surface area contributed by atoms with Gasteiger partial charge in [-0.15, -0.1) is 11.3 Å². The molecule has 0 saturated carbocycles. The van der Waals surface area contributed by atoms with Gasteiger partial charge in [0.1, 0.15) is 0 Å². The fraction of sp³-hybridized carbons (Fsp3) is 0.250.